The van der Waals surface area contributed by atoms with Crippen molar-refractivity contribution < 1.29 is 9.53 Å². The minimum absolute atomic E-state index is 0.210. The fourth-order valence-electron chi connectivity index (χ4n) is 1.12. The fourth-order valence-corrected chi connectivity index (χ4v) is 1.12. The number of methoxy groups -OCH3 is 1. The molecule has 1 aliphatic heterocycles. The van der Waals surface area contributed by atoms with Gasteiger partial charge in [0, 0.05) is 26.2 Å². The van der Waals surface area contributed by atoms with E-state index in [2.05, 4.69) is 16.7 Å². The highest BCUT2D eigenvalue weighted by atomic mass is 16.5. The van der Waals surface area contributed by atoms with Gasteiger partial charge in [-0.15, -0.1) is 0 Å². The van der Waals surface area contributed by atoms with Crippen LogP contribution in [0, 0.1) is 0 Å². The summed E-state index contributed by atoms with van der Waals surface area (Å²) in [7, 11) is 3.47. The quantitative estimate of drug-likeness (QED) is 0.624. The molecule has 0 saturated carbocycles. The summed E-state index contributed by atoms with van der Waals surface area (Å²) in [6, 6.07) is 0. The summed E-state index contributed by atoms with van der Waals surface area (Å²) in [6.45, 7) is 11.4. The van der Waals surface area contributed by atoms with Gasteiger partial charge in [0.25, 0.3) is 0 Å². The maximum absolute atomic E-state index is 11.0. The van der Waals surface area contributed by atoms with Crippen molar-refractivity contribution in [1.29, 1.82) is 0 Å². The Balaban J connectivity index is 0. The van der Waals surface area contributed by atoms with Crippen LogP contribution in [0.2, 0.25) is 0 Å². The summed E-state index contributed by atoms with van der Waals surface area (Å²) in [4.78, 5) is 14.9. The first-order valence-corrected chi connectivity index (χ1v) is 5.75. The van der Waals surface area contributed by atoms with Crippen LogP contribution in [0.3, 0.4) is 0 Å². The Morgan fingerprint density at radius 1 is 1.00 bits per heavy atom. The largest absolute Gasteiger partial charge is 0.453 e. The first-order chi connectivity index (χ1) is 7.24. The zero-order valence-corrected chi connectivity index (χ0v) is 11.0. The second-order valence-electron chi connectivity index (χ2n) is 2.76. The molecule has 1 fully saturated rings. The molecule has 15 heavy (non-hydrogen) atoms. The molecule has 1 amide bonds. The van der Waals surface area contributed by atoms with Gasteiger partial charge in [-0.1, -0.05) is 27.7 Å². The van der Waals surface area contributed by atoms with E-state index in [1.807, 2.05) is 27.7 Å². The smallest absolute Gasteiger partial charge is 0.409 e. The first-order valence-electron chi connectivity index (χ1n) is 5.75. The molecule has 1 aliphatic rings. The number of carbonyl (C=O) groups is 1. The van der Waals surface area contributed by atoms with Gasteiger partial charge in [-0.2, -0.15) is 0 Å². The highest BCUT2D eigenvalue weighted by Crippen LogP contribution is 2.00. The van der Waals surface area contributed by atoms with Gasteiger partial charge < -0.3 is 14.5 Å². The van der Waals surface area contributed by atoms with Gasteiger partial charge in [-0.25, -0.2) is 4.79 Å². The normalized spacial score (nSPS) is 15.5. The lowest BCUT2D eigenvalue weighted by Crippen LogP contribution is -2.47. The van der Waals surface area contributed by atoms with Gasteiger partial charge in [0.2, 0.25) is 0 Å². The van der Waals surface area contributed by atoms with Gasteiger partial charge in [-0.05, 0) is 7.05 Å². The summed E-state index contributed by atoms with van der Waals surface area (Å²) >= 11 is 0. The lowest BCUT2D eigenvalue weighted by molar-refractivity contribution is 0.0983. The number of likely N-dealkylation sites (N-methyl/N-ethyl adjacent to an activating group) is 1. The lowest BCUT2D eigenvalue weighted by Gasteiger charge is -2.31. The molecule has 0 bridgehead atoms. The number of hydrogen-bond acceptors (Lipinski definition) is 3. The number of carbonyl (C=O) groups excluding carboxylic acids is 1. The second kappa shape index (κ2) is 11.3. The van der Waals surface area contributed by atoms with Crippen molar-refractivity contribution in [2.45, 2.75) is 27.7 Å². The van der Waals surface area contributed by atoms with Crippen molar-refractivity contribution in [2.24, 2.45) is 0 Å². The highest BCUT2D eigenvalue weighted by Gasteiger charge is 2.18. The Kier molecular flexibility index (Phi) is 12.6. The average molecular weight is 218 g/mol. The number of hydrogen-bond donors (Lipinski definition) is 0. The van der Waals surface area contributed by atoms with E-state index in [1.54, 1.807) is 4.90 Å². The third kappa shape index (κ3) is 7.19. The van der Waals surface area contributed by atoms with Gasteiger partial charge in [0.1, 0.15) is 0 Å². The van der Waals surface area contributed by atoms with E-state index < -0.39 is 0 Å². The third-order valence-corrected chi connectivity index (χ3v) is 1.94. The molecule has 0 aliphatic carbocycles. The van der Waals surface area contributed by atoms with Gasteiger partial charge in [0.05, 0.1) is 7.11 Å². The highest BCUT2D eigenvalue weighted by molar-refractivity contribution is 5.67. The van der Waals surface area contributed by atoms with E-state index >= 15 is 0 Å². The molecule has 0 N–H and O–H groups in total. The van der Waals surface area contributed by atoms with E-state index in [9.17, 15) is 4.79 Å². The van der Waals surface area contributed by atoms with Crippen molar-refractivity contribution in [3.63, 3.8) is 0 Å². The molecule has 0 unspecified atom stereocenters. The van der Waals surface area contributed by atoms with Crippen LogP contribution < -0.4 is 0 Å². The molecule has 92 valence electrons. The first kappa shape index (κ1) is 16.7. The van der Waals surface area contributed by atoms with E-state index in [0.717, 1.165) is 26.2 Å². The van der Waals surface area contributed by atoms with Gasteiger partial charge >= 0.3 is 6.09 Å². The molecule has 0 aromatic heterocycles. The van der Waals surface area contributed by atoms with Crippen molar-refractivity contribution in [2.75, 3.05) is 40.3 Å². The van der Waals surface area contributed by atoms with Crippen LogP contribution in [0.4, 0.5) is 4.79 Å². The molecule has 0 radical (unpaired) electrons. The van der Waals surface area contributed by atoms with Gasteiger partial charge in [-0.3, -0.25) is 0 Å². The molecule has 1 heterocycles. The van der Waals surface area contributed by atoms with Crippen molar-refractivity contribution in [3.8, 4) is 0 Å². The Labute approximate surface area is 94.2 Å². The standard InChI is InChI=1S/C7H14N2O2.2C2H6/c1-8-3-5-9(6-4-8)7(10)11-2;2*1-2/h3-6H2,1-2H3;2*1-2H3. The van der Waals surface area contributed by atoms with Crippen LogP contribution in [0.5, 0.6) is 0 Å². The van der Waals surface area contributed by atoms with Crippen LogP contribution in [-0.2, 0) is 4.74 Å². The van der Waals surface area contributed by atoms with Crippen molar-refractivity contribution in [3.05, 3.63) is 0 Å². The van der Waals surface area contributed by atoms with Crippen LogP contribution in [-0.4, -0.2) is 56.2 Å². The number of amides is 1. The molecular formula is C11H26N2O2. The van der Waals surface area contributed by atoms with Crippen molar-refractivity contribution in [1.82, 2.24) is 9.80 Å². The summed E-state index contributed by atoms with van der Waals surface area (Å²) in [6.07, 6.45) is -0.210. The topological polar surface area (TPSA) is 32.8 Å². The van der Waals surface area contributed by atoms with E-state index in [0.29, 0.717) is 0 Å². The van der Waals surface area contributed by atoms with Crippen LogP contribution >= 0.6 is 0 Å². The maximum Gasteiger partial charge on any atom is 0.409 e. The SMILES string of the molecule is CC.CC.COC(=O)N1CCN(C)CC1. The van der Waals surface area contributed by atoms with E-state index in [1.165, 1.54) is 7.11 Å². The van der Waals surface area contributed by atoms with E-state index in [-0.39, 0.29) is 6.09 Å². The Bertz CT molecular complexity index is 144. The summed E-state index contributed by atoms with van der Waals surface area (Å²) in [5, 5.41) is 0. The van der Waals surface area contributed by atoms with Crippen LogP contribution in [0.1, 0.15) is 27.7 Å². The summed E-state index contributed by atoms with van der Waals surface area (Å²) in [5.41, 5.74) is 0. The zero-order valence-electron chi connectivity index (χ0n) is 11.0. The Morgan fingerprint density at radius 2 is 1.40 bits per heavy atom. The lowest BCUT2D eigenvalue weighted by atomic mass is 10.3. The molecule has 0 atom stereocenters. The predicted octanol–water partition coefficient (Wildman–Crippen LogP) is 2.05. The van der Waals surface area contributed by atoms with Crippen molar-refractivity contribution >= 4 is 6.09 Å². The van der Waals surface area contributed by atoms with Gasteiger partial charge in [0.15, 0.2) is 0 Å². The predicted molar refractivity (Wildman–Crippen MR) is 64.2 cm³/mol. The number of nitrogens with zero attached hydrogens (tertiary/aromatic N) is 2. The number of ether oxygens (including phenoxy) is 1. The Morgan fingerprint density at radius 3 is 1.73 bits per heavy atom. The minimum Gasteiger partial charge on any atom is -0.453 e. The minimum atomic E-state index is -0.210. The van der Waals surface area contributed by atoms with Crippen LogP contribution in [0.25, 0.3) is 0 Å². The maximum atomic E-state index is 11.0. The molecule has 4 heteroatoms. The second-order valence-corrected chi connectivity index (χ2v) is 2.76. The molecule has 0 aromatic carbocycles. The zero-order chi connectivity index (χ0) is 12.3. The third-order valence-electron chi connectivity index (χ3n) is 1.94. The summed E-state index contributed by atoms with van der Waals surface area (Å²) in [5.74, 6) is 0. The number of piperazine rings is 1. The Hall–Kier alpha value is -0.770. The molecule has 0 spiro atoms. The average Bonchev–Trinajstić information content (AvgIpc) is 2.34. The molecule has 0 aromatic rings. The molecule has 1 saturated heterocycles. The van der Waals surface area contributed by atoms with Crippen LogP contribution in [0.15, 0.2) is 0 Å². The molecule has 4 nitrogen and oxygen atoms in total. The summed E-state index contributed by atoms with van der Waals surface area (Å²) < 4.78 is 4.59. The monoisotopic (exact) mass is 218 g/mol. The number of rotatable bonds is 0. The fraction of sp³-hybridized carbons (Fsp3) is 0.909. The molecular weight excluding hydrogens is 192 g/mol. The van der Waals surface area contributed by atoms with E-state index in [4.69, 9.17) is 0 Å². The molecule has 1 rings (SSSR count).